The zero-order valence-corrected chi connectivity index (χ0v) is 27.9. The van der Waals surface area contributed by atoms with Crippen molar-refractivity contribution in [2.75, 3.05) is 42.0 Å². The molecular formula is C40H48O6. The van der Waals surface area contributed by atoms with E-state index in [-0.39, 0.29) is 19.5 Å². The van der Waals surface area contributed by atoms with Crippen LogP contribution in [0.3, 0.4) is 0 Å². The van der Waals surface area contributed by atoms with Crippen LogP contribution in [0.5, 0.6) is 5.75 Å². The van der Waals surface area contributed by atoms with Crippen molar-refractivity contribution in [3.8, 4) is 16.9 Å². The zero-order chi connectivity index (χ0) is 31.9. The first-order chi connectivity index (χ1) is 22.7. The minimum Gasteiger partial charge on any atom is -0.471 e. The summed E-state index contributed by atoms with van der Waals surface area (Å²) >= 11 is 0. The van der Waals surface area contributed by atoms with Crippen molar-refractivity contribution in [3.63, 3.8) is 0 Å². The van der Waals surface area contributed by atoms with Crippen LogP contribution < -0.4 is 4.74 Å². The van der Waals surface area contributed by atoms with Gasteiger partial charge in [-0.3, -0.25) is 0 Å². The van der Waals surface area contributed by atoms with E-state index in [2.05, 4.69) is 54.6 Å². The summed E-state index contributed by atoms with van der Waals surface area (Å²) in [6, 6.07) is 19.8. The molecule has 0 aliphatic heterocycles. The molecular weight excluding hydrogens is 576 g/mol. The molecule has 3 aliphatic rings. The Hall–Kier alpha value is -3.42. The average molecular weight is 625 g/mol. The van der Waals surface area contributed by atoms with Gasteiger partial charge in [0.1, 0.15) is 11.5 Å². The van der Waals surface area contributed by atoms with Gasteiger partial charge in [0.05, 0.1) is 13.2 Å². The predicted octanol–water partition coefficient (Wildman–Crippen LogP) is 8.90. The van der Waals surface area contributed by atoms with E-state index in [1.807, 2.05) is 0 Å². The van der Waals surface area contributed by atoms with Crippen LogP contribution in [0, 0.1) is 0 Å². The molecule has 3 aliphatic carbocycles. The third-order valence-electron chi connectivity index (χ3n) is 9.62. The van der Waals surface area contributed by atoms with Crippen LogP contribution in [0.15, 0.2) is 71.5 Å². The molecule has 6 nitrogen and oxygen atoms in total. The molecule has 0 fully saturated rings. The first-order valence-electron chi connectivity index (χ1n) is 16.7. The van der Waals surface area contributed by atoms with Crippen molar-refractivity contribution in [3.05, 3.63) is 105 Å². The number of hydrogen-bond donors (Lipinski definition) is 0. The molecule has 244 valence electrons. The Morgan fingerprint density at radius 2 is 1.37 bits per heavy atom. The predicted molar refractivity (Wildman–Crippen MR) is 182 cm³/mol. The van der Waals surface area contributed by atoms with Gasteiger partial charge < -0.3 is 28.4 Å². The Labute approximate surface area is 274 Å². The van der Waals surface area contributed by atoms with Crippen LogP contribution in [0.2, 0.25) is 0 Å². The maximum atomic E-state index is 6.75. The number of methoxy groups -OCH3 is 4. The number of rotatable bonds is 13. The maximum absolute atomic E-state index is 6.75. The van der Waals surface area contributed by atoms with Crippen molar-refractivity contribution in [1.29, 1.82) is 0 Å². The van der Waals surface area contributed by atoms with E-state index in [0.29, 0.717) is 13.2 Å². The van der Waals surface area contributed by atoms with E-state index in [0.717, 1.165) is 72.3 Å². The first kappa shape index (κ1) is 32.5. The van der Waals surface area contributed by atoms with E-state index >= 15 is 0 Å². The lowest BCUT2D eigenvalue weighted by Gasteiger charge is -2.37. The highest BCUT2D eigenvalue weighted by molar-refractivity contribution is 5.92. The third-order valence-corrected chi connectivity index (χ3v) is 9.62. The molecule has 46 heavy (non-hydrogen) atoms. The molecule has 6 heteroatoms. The SMILES string of the molecule is COCOC1=C(c2c3c(cc(-c4cccc(COC)c4)c2OCOC)CCCC3)C2=C(CCCC2)CC1c1cccc(COC)c1. The highest BCUT2D eigenvalue weighted by atomic mass is 16.7. The second-order valence-electron chi connectivity index (χ2n) is 12.7. The summed E-state index contributed by atoms with van der Waals surface area (Å²) < 4.78 is 35.7. The van der Waals surface area contributed by atoms with Crippen molar-refractivity contribution < 1.29 is 28.4 Å². The lowest BCUT2D eigenvalue weighted by molar-refractivity contribution is -0.000124. The molecule has 0 radical (unpaired) electrons. The molecule has 0 bridgehead atoms. The van der Waals surface area contributed by atoms with E-state index in [1.54, 1.807) is 34.0 Å². The standard InChI is InChI=1S/C40H48O6/c1-41-23-27-11-9-15-29(19-27)35-21-31-13-5-7-17-33(31)37(39(35)45-25-43-3)38-34-18-8-6-14-32(34)22-36(40(38)46-26-44-4)30-16-10-12-28(20-30)24-42-2/h9-12,15-16,19-21,36H,5-8,13-14,17-18,22-26H2,1-4H3. The molecule has 1 unspecified atom stereocenters. The van der Waals surface area contributed by atoms with Gasteiger partial charge in [-0.25, -0.2) is 0 Å². The number of fused-ring (bicyclic) bond motifs is 1. The summed E-state index contributed by atoms with van der Waals surface area (Å²) in [5.41, 5.74) is 13.9. The van der Waals surface area contributed by atoms with Crippen LogP contribution in [0.4, 0.5) is 0 Å². The van der Waals surface area contributed by atoms with Crippen LogP contribution in [-0.2, 0) is 49.7 Å². The second-order valence-corrected chi connectivity index (χ2v) is 12.7. The number of benzene rings is 3. The van der Waals surface area contributed by atoms with Gasteiger partial charge in [-0.1, -0.05) is 48.0 Å². The van der Waals surface area contributed by atoms with Crippen LogP contribution in [0.25, 0.3) is 16.7 Å². The summed E-state index contributed by atoms with van der Waals surface area (Å²) in [7, 11) is 6.88. The average Bonchev–Trinajstić information content (AvgIpc) is 3.09. The zero-order valence-electron chi connectivity index (χ0n) is 27.9. The normalized spacial score (nSPS) is 18.0. The highest BCUT2D eigenvalue weighted by Crippen LogP contribution is 2.54. The molecule has 0 amide bonds. The van der Waals surface area contributed by atoms with Gasteiger partial charge in [0.25, 0.3) is 0 Å². The van der Waals surface area contributed by atoms with Gasteiger partial charge in [-0.05, 0) is 109 Å². The van der Waals surface area contributed by atoms with Gasteiger partial charge in [-0.15, -0.1) is 0 Å². The van der Waals surface area contributed by atoms with Crippen LogP contribution >= 0.6 is 0 Å². The molecule has 6 rings (SSSR count). The third kappa shape index (κ3) is 6.82. The molecule has 3 aromatic carbocycles. The first-order valence-corrected chi connectivity index (χ1v) is 16.7. The van der Waals surface area contributed by atoms with E-state index in [4.69, 9.17) is 28.4 Å². The van der Waals surface area contributed by atoms with Gasteiger partial charge >= 0.3 is 0 Å². The topological polar surface area (TPSA) is 55.4 Å². The summed E-state index contributed by atoms with van der Waals surface area (Å²) in [5, 5.41) is 0. The van der Waals surface area contributed by atoms with E-state index < -0.39 is 0 Å². The number of ether oxygens (including phenoxy) is 6. The molecule has 0 aromatic heterocycles. The second kappa shape index (κ2) is 15.4. The molecule has 3 aromatic rings. The molecule has 1 atom stereocenters. The lowest BCUT2D eigenvalue weighted by Crippen LogP contribution is -2.21. The minimum atomic E-state index is 0.0574. The molecule has 0 saturated carbocycles. The Morgan fingerprint density at radius 1 is 0.674 bits per heavy atom. The van der Waals surface area contributed by atoms with E-state index in [1.165, 1.54) is 52.7 Å². The smallest absolute Gasteiger partial charge is 0.188 e. The quantitative estimate of drug-likeness (QED) is 0.177. The van der Waals surface area contributed by atoms with Crippen LogP contribution in [0.1, 0.15) is 84.2 Å². The number of hydrogen-bond acceptors (Lipinski definition) is 6. The Kier molecular flexibility index (Phi) is 10.9. The van der Waals surface area contributed by atoms with Gasteiger partial charge in [0.15, 0.2) is 13.6 Å². The number of aryl methyl sites for hydroxylation is 1. The fraction of sp³-hybridized carbons (Fsp3) is 0.450. The highest BCUT2D eigenvalue weighted by Gasteiger charge is 2.37. The Bertz CT molecular complexity index is 1580. The van der Waals surface area contributed by atoms with Crippen molar-refractivity contribution in [2.45, 2.75) is 76.9 Å². The fourth-order valence-corrected chi connectivity index (χ4v) is 7.69. The van der Waals surface area contributed by atoms with Gasteiger partial charge in [0, 0.05) is 51.1 Å². The Morgan fingerprint density at radius 3 is 2.15 bits per heavy atom. The van der Waals surface area contributed by atoms with E-state index in [9.17, 15) is 0 Å². The summed E-state index contributed by atoms with van der Waals surface area (Å²) in [4.78, 5) is 0. The summed E-state index contributed by atoms with van der Waals surface area (Å²) in [6.07, 6.45) is 9.88. The molecule has 0 spiro atoms. The van der Waals surface area contributed by atoms with Crippen molar-refractivity contribution >= 4 is 5.57 Å². The van der Waals surface area contributed by atoms with Crippen molar-refractivity contribution in [1.82, 2.24) is 0 Å². The lowest BCUT2D eigenvalue weighted by atomic mass is 9.70. The van der Waals surface area contributed by atoms with Crippen molar-refractivity contribution in [2.24, 2.45) is 0 Å². The monoisotopic (exact) mass is 624 g/mol. The minimum absolute atomic E-state index is 0.0574. The largest absolute Gasteiger partial charge is 0.471 e. The molecule has 0 heterocycles. The number of allylic oxidation sites excluding steroid dienone is 4. The summed E-state index contributed by atoms with van der Waals surface area (Å²) in [6.45, 7) is 1.48. The summed E-state index contributed by atoms with van der Waals surface area (Å²) in [5.74, 6) is 1.91. The maximum Gasteiger partial charge on any atom is 0.188 e. The van der Waals surface area contributed by atoms with Crippen LogP contribution in [-0.4, -0.2) is 42.0 Å². The van der Waals surface area contributed by atoms with Gasteiger partial charge in [-0.2, -0.15) is 0 Å². The molecule has 0 N–H and O–H groups in total. The molecule has 0 saturated heterocycles. The van der Waals surface area contributed by atoms with Gasteiger partial charge in [0.2, 0.25) is 0 Å². The fourth-order valence-electron chi connectivity index (χ4n) is 7.69. The Balaban J connectivity index is 1.66.